The van der Waals surface area contributed by atoms with E-state index in [4.69, 9.17) is 33.2 Å². The summed E-state index contributed by atoms with van der Waals surface area (Å²) in [6.07, 6.45) is -3.08. The Balaban J connectivity index is 1.79. The van der Waals surface area contributed by atoms with E-state index in [2.05, 4.69) is 19.2 Å². The summed E-state index contributed by atoms with van der Waals surface area (Å²) in [6, 6.07) is 0. The van der Waals surface area contributed by atoms with E-state index in [1.54, 1.807) is 20.8 Å². The molecule has 0 aromatic rings. The molecule has 3 aliphatic rings. The van der Waals surface area contributed by atoms with Crippen LogP contribution in [0.5, 0.6) is 0 Å². The van der Waals surface area contributed by atoms with Gasteiger partial charge in [0.25, 0.3) is 0 Å². The summed E-state index contributed by atoms with van der Waals surface area (Å²) >= 11 is 0. The van der Waals surface area contributed by atoms with Gasteiger partial charge in [0.15, 0.2) is 17.5 Å². The number of epoxide rings is 1. The third-order valence-corrected chi connectivity index (χ3v) is 5.80. The predicted molar refractivity (Wildman–Crippen MR) is 109 cm³/mol. The van der Waals surface area contributed by atoms with Gasteiger partial charge in [-0.2, -0.15) is 0 Å². The SMILES string of the molecule is CCOC(=O)CNC(=O)O[C@@H]1CO[C@]2(COC(C)(C)O2)[C@@](O)(C2OC2CC(C)C)[C@@H]1OC. The second kappa shape index (κ2) is 9.40. The van der Waals surface area contributed by atoms with Crippen LogP contribution in [0, 0.1) is 5.92 Å². The lowest BCUT2D eigenvalue weighted by Gasteiger charge is -2.51. The van der Waals surface area contributed by atoms with Crippen molar-refractivity contribution in [3.05, 3.63) is 0 Å². The van der Waals surface area contributed by atoms with Gasteiger partial charge >= 0.3 is 12.1 Å². The molecule has 2 unspecified atom stereocenters. The minimum atomic E-state index is -1.82. The maximum atomic E-state index is 12.3. The lowest BCUT2D eigenvalue weighted by atomic mass is 9.77. The molecule has 0 bridgehead atoms. The van der Waals surface area contributed by atoms with Crippen LogP contribution in [0.2, 0.25) is 0 Å². The van der Waals surface area contributed by atoms with E-state index in [-0.39, 0.29) is 32.5 Å². The molecule has 3 aliphatic heterocycles. The number of amides is 1. The first kappa shape index (κ1) is 25.1. The quantitative estimate of drug-likeness (QED) is 0.393. The number of rotatable bonds is 8. The van der Waals surface area contributed by atoms with Crippen molar-refractivity contribution in [1.82, 2.24) is 5.32 Å². The molecule has 184 valence electrons. The van der Waals surface area contributed by atoms with Crippen LogP contribution in [0.3, 0.4) is 0 Å². The number of nitrogens with one attached hydrogen (secondary N) is 1. The second-order valence-electron chi connectivity index (χ2n) is 9.16. The van der Waals surface area contributed by atoms with Crippen molar-refractivity contribution in [2.45, 2.75) is 82.6 Å². The largest absolute Gasteiger partial charge is 0.465 e. The first-order valence-electron chi connectivity index (χ1n) is 11.0. The summed E-state index contributed by atoms with van der Waals surface area (Å²) < 4.78 is 39.5. The Hall–Kier alpha value is -1.50. The summed E-state index contributed by atoms with van der Waals surface area (Å²) in [6.45, 7) is 8.91. The predicted octanol–water partition coefficient (Wildman–Crippen LogP) is 0.713. The molecule has 11 heteroatoms. The molecular weight excluding hydrogens is 426 g/mol. The van der Waals surface area contributed by atoms with Crippen LogP contribution in [-0.4, -0.2) is 92.2 Å². The molecule has 3 heterocycles. The van der Waals surface area contributed by atoms with Gasteiger partial charge in [-0.1, -0.05) is 13.8 Å². The Bertz CT molecular complexity index is 700. The number of esters is 1. The van der Waals surface area contributed by atoms with E-state index in [1.165, 1.54) is 7.11 Å². The van der Waals surface area contributed by atoms with Crippen molar-refractivity contribution in [3.8, 4) is 0 Å². The molecule has 0 aromatic heterocycles. The van der Waals surface area contributed by atoms with Crippen molar-refractivity contribution in [2.24, 2.45) is 5.92 Å². The Morgan fingerprint density at radius 1 is 1.25 bits per heavy atom. The fraction of sp³-hybridized carbons (Fsp3) is 0.905. The lowest BCUT2D eigenvalue weighted by Crippen LogP contribution is -2.75. The normalized spacial score (nSPS) is 38.0. The van der Waals surface area contributed by atoms with Crippen LogP contribution < -0.4 is 5.32 Å². The van der Waals surface area contributed by atoms with E-state index in [0.717, 1.165) is 6.42 Å². The maximum absolute atomic E-state index is 12.3. The van der Waals surface area contributed by atoms with Gasteiger partial charge in [0.05, 0.1) is 19.3 Å². The Morgan fingerprint density at radius 2 is 1.97 bits per heavy atom. The summed E-state index contributed by atoms with van der Waals surface area (Å²) in [5.74, 6) is -2.81. The molecular formula is C21H35NO10. The maximum Gasteiger partial charge on any atom is 0.408 e. The number of alkyl carbamates (subject to hydrolysis) is 1. The molecule has 0 saturated carbocycles. The highest BCUT2D eigenvalue weighted by Gasteiger charge is 2.76. The molecule has 3 rings (SSSR count). The molecule has 11 nitrogen and oxygen atoms in total. The van der Waals surface area contributed by atoms with Gasteiger partial charge in [-0.3, -0.25) is 4.79 Å². The van der Waals surface area contributed by atoms with E-state index >= 15 is 0 Å². The van der Waals surface area contributed by atoms with Gasteiger partial charge in [-0.15, -0.1) is 0 Å². The van der Waals surface area contributed by atoms with E-state index in [0.29, 0.717) is 5.92 Å². The van der Waals surface area contributed by atoms with Crippen molar-refractivity contribution >= 4 is 12.1 Å². The first-order chi connectivity index (χ1) is 15.0. The summed E-state index contributed by atoms with van der Waals surface area (Å²) in [4.78, 5) is 23.8. The van der Waals surface area contributed by atoms with Gasteiger partial charge < -0.3 is 43.6 Å². The fourth-order valence-corrected chi connectivity index (χ4v) is 4.43. The van der Waals surface area contributed by atoms with Gasteiger partial charge in [0, 0.05) is 7.11 Å². The number of methoxy groups -OCH3 is 1. The summed E-state index contributed by atoms with van der Waals surface area (Å²) in [7, 11) is 1.41. The Labute approximate surface area is 187 Å². The van der Waals surface area contributed by atoms with Crippen LogP contribution in [0.1, 0.15) is 41.0 Å². The third kappa shape index (κ3) is 4.87. The van der Waals surface area contributed by atoms with E-state index in [9.17, 15) is 14.7 Å². The summed E-state index contributed by atoms with van der Waals surface area (Å²) in [5.41, 5.74) is -1.82. The number of aliphatic hydroxyl groups is 1. The number of hydrogen-bond acceptors (Lipinski definition) is 10. The van der Waals surface area contributed by atoms with Crippen LogP contribution >= 0.6 is 0 Å². The van der Waals surface area contributed by atoms with E-state index in [1.807, 2.05) is 0 Å². The minimum absolute atomic E-state index is 0.0492. The van der Waals surface area contributed by atoms with Crippen LogP contribution in [0.25, 0.3) is 0 Å². The molecule has 3 saturated heterocycles. The summed E-state index contributed by atoms with van der Waals surface area (Å²) in [5, 5.41) is 14.4. The number of hydrogen-bond donors (Lipinski definition) is 2. The molecule has 0 aliphatic carbocycles. The molecule has 1 amide bonds. The average molecular weight is 462 g/mol. The van der Waals surface area contributed by atoms with Gasteiger partial charge in [0.2, 0.25) is 5.79 Å². The smallest absolute Gasteiger partial charge is 0.408 e. The van der Waals surface area contributed by atoms with Gasteiger partial charge in [0.1, 0.15) is 25.4 Å². The zero-order valence-electron chi connectivity index (χ0n) is 19.5. The second-order valence-corrected chi connectivity index (χ2v) is 9.16. The highest BCUT2D eigenvalue weighted by Crippen LogP contribution is 2.53. The van der Waals surface area contributed by atoms with Crippen molar-refractivity contribution in [1.29, 1.82) is 0 Å². The van der Waals surface area contributed by atoms with Crippen molar-refractivity contribution in [3.63, 3.8) is 0 Å². The Kier molecular flexibility index (Phi) is 7.38. The minimum Gasteiger partial charge on any atom is -0.465 e. The zero-order valence-corrected chi connectivity index (χ0v) is 19.5. The van der Waals surface area contributed by atoms with Crippen LogP contribution in [0.15, 0.2) is 0 Å². The number of carbonyl (C=O) groups excluding carboxylic acids is 2. The number of ether oxygens (including phenoxy) is 7. The average Bonchev–Trinajstić information content (AvgIpc) is 3.39. The zero-order chi connectivity index (χ0) is 23.7. The topological polar surface area (TPSA) is 134 Å². The highest BCUT2D eigenvalue weighted by molar-refractivity contribution is 5.77. The third-order valence-electron chi connectivity index (χ3n) is 5.80. The molecule has 3 fully saturated rings. The molecule has 0 radical (unpaired) electrons. The number of carbonyl (C=O) groups is 2. The van der Waals surface area contributed by atoms with E-state index < -0.39 is 47.5 Å². The van der Waals surface area contributed by atoms with Crippen LogP contribution in [-0.2, 0) is 38.0 Å². The lowest BCUT2D eigenvalue weighted by molar-refractivity contribution is -0.382. The fourth-order valence-electron chi connectivity index (χ4n) is 4.43. The highest BCUT2D eigenvalue weighted by atomic mass is 16.8. The monoisotopic (exact) mass is 461 g/mol. The van der Waals surface area contributed by atoms with Crippen molar-refractivity contribution < 1.29 is 47.9 Å². The van der Waals surface area contributed by atoms with Crippen LogP contribution in [0.4, 0.5) is 4.79 Å². The van der Waals surface area contributed by atoms with Gasteiger partial charge in [-0.25, -0.2) is 4.79 Å². The Morgan fingerprint density at radius 3 is 2.53 bits per heavy atom. The van der Waals surface area contributed by atoms with Crippen molar-refractivity contribution in [2.75, 3.05) is 33.5 Å². The standard InChI is InChI=1S/C21H35NO10/c1-7-27-15(23)9-22-18(24)31-14-10-28-20(11-29-19(4,5)32-20)21(25,16(14)26-6)17-13(30-17)8-12(2)3/h12-14,16-17,25H,7-11H2,1-6H3,(H,22,24)/t13?,14-,16-,17?,20+,21+/m1/s1. The first-order valence-corrected chi connectivity index (χ1v) is 11.0. The molecule has 6 atom stereocenters. The molecule has 1 spiro atoms. The molecule has 0 aromatic carbocycles. The molecule has 32 heavy (non-hydrogen) atoms. The molecule has 2 N–H and O–H groups in total. The van der Waals surface area contributed by atoms with Gasteiger partial charge in [-0.05, 0) is 33.1 Å².